The molecule has 2 N–H and O–H groups in total. The number of nitrogens with two attached hydrogens (primary N) is 1. The van der Waals surface area contributed by atoms with E-state index in [1.807, 2.05) is 6.07 Å². The monoisotopic (exact) mass is 294 g/mol. The van der Waals surface area contributed by atoms with Gasteiger partial charge < -0.3 is 5.73 Å². The summed E-state index contributed by atoms with van der Waals surface area (Å²) >= 11 is 0. The third-order valence-corrected chi connectivity index (χ3v) is 1.92. The lowest BCUT2D eigenvalue weighted by Crippen LogP contribution is -1.97. The lowest BCUT2D eigenvalue weighted by atomic mass is 10.1. The zero-order valence-electron chi connectivity index (χ0n) is 8.81. The Balaban J connectivity index is 0. The Morgan fingerprint density at radius 1 is 0.824 bits per heavy atom. The molecule has 0 atom stereocenters. The van der Waals surface area contributed by atoms with Crippen LogP contribution in [0.2, 0.25) is 0 Å². The normalized spacial score (nSPS) is 8.29. The van der Waals surface area contributed by atoms with Gasteiger partial charge in [0.25, 0.3) is 0 Å². The maximum atomic E-state index is 5.53. The van der Waals surface area contributed by atoms with Crippen LogP contribution in [0.1, 0.15) is 5.56 Å². The van der Waals surface area contributed by atoms with Crippen LogP contribution < -0.4 is 5.73 Å². The summed E-state index contributed by atoms with van der Waals surface area (Å²) in [6, 6.07) is 1.99. The zero-order chi connectivity index (χ0) is 9.80. The molecule has 0 radical (unpaired) electrons. The third-order valence-electron chi connectivity index (χ3n) is 1.92. The molecule has 2 aromatic rings. The second-order valence-corrected chi connectivity index (χ2v) is 2.91. The fraction of sp³-hybridized carbons (Fsp3) is 0.100. The smallest absolute Gasteiger partial charge is 0.115 e. The fourth-order valence-electron chi connectivity index (χ4n) is 1.21. The minimum atomic E-state index is 0. The Morgan fingerprint density at radius 2 is 1.41 bits per heavy atom. The van der Waals surface area contributed by atoms with E-state index in [4.69, 9.17) is 5.73 Å². The quantitative estimate of drug-likeness (QED) is 0.923. The molecule has 7 heteroatoms. The van der Waals surface area contributed by atoms with Crippen molar-refractivity contribution in [3.63, 3.8) is 0 Å². The van der Waals surface area contributed by atoms with Crippen LogP contribution in [0.15, 0.2) is 37.2 Å². The highest BCUT2D eigenvalue weighted by atomic mass is 35.5. The summed E-state index contributed by atoms with van der Waals surface area (Å²) in [6.07, 6.45) is 8.55. The van der Waals surface area contributed by atoms with E-state index in [9.17, 15) is 0 Å². The van der Waals surface area contributed by atoms with E-state index in [1.54, 1.807) is 24.8 Å². The molecule has 0 saturated carbocycles. The second kappa shape index (κ2) is 9.13. The van der Waals surface area contributed by atoms with E-state index >= 15 is 0 Å². The third kappa shape index (κ3) is 4.83. The molecule has 4 nitrogen and oxygen atoms in total. The van der Waals surface area contributed by atoms with Crippen LogP contribution in [0.5, 0.6) is 0 Å². The van der Waals surface area contributed by atoms with Crippen LogP contribution in [0, 0.1) is 0 Å². The minimum absolute atomic E-state index is 0. The van der Waals surface area contributed by atoms with Crippen LogP contribution in [-0.2, 0) is 6.54 Å². The predicted molar refractivity (Wildman–Crippen MR) is 74.9 cm³/mol. The van der Waals surface area contributed by atoms with E-state index in [-0.39, 0.29) is 37.2 Å². The largest absolute Gasteiger partial charge is 0.326 e. The first-order valence-corrected chi connectivity index (χ1v) is 4.29. The summed E-state index contributed by atoms with van der Waals surface area (Å²) in [6.45, 7) is 0.495. The number of rotatable bonds is 2. The van der Waals surface area contributed by atoms with Crippen LogP contribution in [-0.4, -0.2) is 15.0 Å². The molecule has 0 fully saturated rings. The molecule has 94 valence electrons. The van der Waals surface area contributed by atoms with Crippen molar-refractivity contribution < 1.29 is 0 Å². The summed E-state index contributed by atoms with van der Waals surface area (Å²) in [5, 5.41) is 0. The number of aromatic nitrogens is 3. The molecule has 0 aliphatic heterocycles. The molecule has 0 spiro atoms. The van der Waals surface area contributed by atoms with Gasteiger partial charge in [0.15, 0.2) is 0 Å². The van der Waals surface area contributed by atoms with Gasteiger partial charge in [0.2, 0.25) is 0 Å². The predicted octanol–water partition coefficient (Wildman–Crippen LogP) is 2.26. The van der Waals surface area contributed by atoms with Gasteiger partial charge in [-0.3, -0.25) is 4.98 Å². The molecule has 0 aliphatic rings. The standard InChI is InChI=1S/C10H10N4.3ClH/c11-2-8-1-9(4-12-3-8)10-5-13-7-14-6-10;;;/h1,3-7H,2,11H2;3*1H. The molecule has 2 aromatic heterocycles. The molecule has 0 bridgehead atoms. The van der Waals surface area contributed by atoms with Gasteiger partial charge >= 0.3 is 0 Å². The van der Waals surface area contributed by atoms with Gasteiger partial charge in [-0.2, -0.15) is 0 Å². The highest BCUT2D eigenvalue weighted by Crippen LogP contribution is 2.16. The highest BCUT2D eigenvalue weighted by molar-refractivity contribution is 5.86. The van der Waals surface area contributed by atoms with Crippen LogP contribution in [0.3, 0.4) is 0 Å². The minimum Gasteiger partial charge on any atom is -0.326 e. The average Bonchev–Trinajstić information content (AvgIpc) is 2.30. The number of nitrogens with zero attached hydrogens (tertiary/aromatic N) is 3. The van der Waals surface area contributed by atoms with Crippen molar-refractivity contribution in [2.24, 2.45) is 5.73 Å². The summed E-state index contributed by atoms with van der Waals surface area (Å²) in [7, 11) is 0. The molecule has 0 amide bonds. The van der Waals surface area contributed by atoms with Crippen molar-refractivity contribution in [2.75, 3.05) is 0 Å². The molecular formula is C10H13Cl3N4. The second-order valence-electron chi connectivity index (χ2n) is 2.91. The number of halogens is 3. The van der Waals surface area contributed by atoms with E-state index in [0.29, 0.717) is 6.54 Å². The van der Waals surface area contributed by atoms with E-state index < -0.39 is 0 Å². The van der Waals surface area contributed by atoms with Crippen molar-refractivity contribution >= 4 is 37.2 Å². The first-order valence-electron chi connectivity index (χ1n) is 4.29. The molecular weight excluding hydrogens is 282 g/mol. The molecule has 17 heavy (non-hydrogen) atoms. The lowest BCUT2D eigenvalue weighted by Gasteiger charge is -2.01. The van der Waals surface area contributed by atoms with Crippen molar-refractivity contribution in [1.82, 2.24) is 15.0 Å². The summed E-state index contributed by atoms with van der Waals surface area (Å²) < 4.78 is 0. The van der Waals surface area contributed by atoms with E-state index in [1.165, 1.54) is 6.33 Å². The lowest BCUT2D eigenvalue weighted by molar-refractivity contribution is 1.05. The highest BCUT2D eigenvalue weighted by Gasteiger charge is 1.98. The molecule has 0 saturated heterocycles. The number of pyridine rings is 1. The Kier molecular flexibility index (Phi) is 9.89. The summed E-state index contributed by atoms with van der Waals surface area (Å²) in [4.78, 5) is 12.0. The van der Waals surface area contributed by atoms with Gasteiger partial charge in [-0.25, -0.2) is 9.97 Å². The molecule has 0 aromatic carbocycles. The average molecular weight is 296 g/mol. The molecule has 0 unspecified atom stereocenters. The van der Waals surface area contributed by atoms with Gasteiger partial charge in [0.1, 0.15) is 6.33 Å². The Labute approximate surface area is 118 Å². The maximum absolute atomic E-state index is 5.53. The molecule has 2 rings (SSSR count). The van der Waals surface area contributed by atoms with E-state index in [0.717, 1.165) is 16.7 Å². The van der Waals surface area contributed by atoms with Gasteiger partial charge in [-0.1, -0.05) is 0 Å². The Hall–Kier alpha value is -0.940. The Morgan fingerprint density at radius 3 is 2.00 bits per heavy atom. The topological polar surface area (TPSA) is 64.7 Å². The fourth-order valence-corrected chi connectivity index (χ4v) is 1.21. The van der Waals surface area contributed by atoms with Crippen molar-refractivity contribution in [3.05, 3.63) is 42.7 Å². The van der Waals surface area contributed by atoms with Gasteiger partial charge in [-0.05, 0) is 11.6 Å². The van der Waals surface area contributed by atoms with Crippen LogP contribution in [0.25, 0.3) is 11.1 Å². The molecule has 0 aliphatic carbocycles. The van der Waals surface area contributed by atoms with Gasteiger partial charge in [0, 0.05) is 42.5 Å². The SMILES string of the molecule is Cl.Cl.Cl.NCc1cncc(-c2cncnc2)c1. The van der Waals surface area contributed by atoms with E-state index in [2.05, 4.69) is 15.0 Å². The Bertz CT molecular complexity index is 425. The zero-order valence-corrected chi connectivity index (χ0v) is 11.3. The first kappa shape index (κ1) is 18.4. The van der Waals surface area contributed by atoms with Crippen LogP contribution >= 0.6 is 37.2 Å². The van der Waals surface area contributed by atoms with Crippen molar-refractivity contribution in [1.29, 1.82) is 0 Å². The van der Waals surface area contributed by atoms with Crippen LogP contribution in [0.4, 0.5) is 0 Å². The summed E-state index contributed by atoms with van der Waals surface area (Å²) in [5.74, 6) is 0. The number of hydrogen-bond donors (Lipinski definition) is 1. The molecule has 2 heterocycles. The first-order chi connectivity index (χ1) is 6.90. The maximum Gasteiger partial charge on any atom is 0.115 e. The van der Waals surface area contributed by atoms with Gasteiger partial charge in [0.05, 0.1) is 0 Å². The van der Waals surface area contributed by atoms with Crippen molar-refractivity contribution in [2.45, 2.75) is 6.54 Å². The van der Waals surface area contributed by atoms with Crippen molar-refractivity contribution in [3.8, 4) is 11.1 Å². The number of hydrogen-bond acceptors (Lipinski definition) is 4. The summed E-state index contributed by atoms with van der Waals surface area (Å²) in [5.41, 5.74) is 8.48. The van der Waals surface area contributed by atoms with Gasteiger partial charge in [-0.15, -0.1) is 37.2 Å².